The first kappa shape index (κ1) is 10.3. The summed E-state index contributed by atoms with van der Waals surface area (Å²) in [6, 6.07) is 17.7. The van der Waals surface area contributed by atoms with Crippen molar-refractivity contribution in [1.29, 1.82) is 0 Å². The Morgan fingerprint density at radius 3 is 2.27 bits per heavy atom. The van der Waals surface area contributed by atoms with Gasteiger partial charge in [0, 0.05) is 0 Å². The van der Waals surface area contributed by atoms with E-state index in [4.69, 9.17) is 4.74 Å². The van der Waals surface area contributed by atoms with Gasteiger partial charge in [0.25, 0.3) is 0 Å². The third-order valence-electron chi connectivity index (χ3n) is 2.00. The van der Waals surface area contributed by atoms with E-state index in [9.17, 15) is 0 Å². The summed E-state index contributed by atoms with van der Waals surface area (Å²) >= 11 is 2.50. The van der Waals surface area contributed by atoms with Crippen molar-refractivity contribution in [3.05, 3.63) is 60.2 Å². The Kier molecular flexibility index (Phi) is 3.42. The van der Waals surface area contributed by atoms with Gasteiger partial charge in [-0.15, -0.1) is 0 Å². The Morgan fingerprint density at radius 1 is 0.867 bits per heavy atom. The Morgan fingerprint density at radius 2 is 1.53 bits per heavy atom. The second-order valence-electron chi connectivity index (χ2n) is 3.06. The molecule has 0 unspecified atom stereocenters. The number of rotatable bonds is 3. The van der Waals surface area contributed by atoms with Crippen LogP contribution < -0.4 is 4.74 Å². The van der Waals surface area contributed by atoms with Crippen molar-refractivity contribution < 1.29 is 22.6 Å². The van der Waals surface area contributed by atoms with E-state index in [1.165, 1.54) is 0 Å². The van der Waals surface area contributed by atoms with Crippen molar-refractivity contribution in [2.45, 2.75) is 0 Å². The minimum atomic E-state index is 0.860. The molecule has 2 aromatic carbocycles. The molecule has 0 saturated heterocycles. The molecular formula is C13H10ORu. The van der Waals surface area contributed by atoms with E-state index in [0.717, 1.165) is 17.1 Å². The average molecular weight is 283 g/mol. The van der Waals surface area contributed by atoms with Crippen molar-refractivity contribution >= 4 is 4.61 Å². The van der Waals surface area contributed by atoms with E-state index in [1.54, 1.807) is 0 Å². The zero-order valence-electron chi connectivity index (χ0n) is 8.04. The van der Waals surface area contributed by atoms with Crippen LogP contribution in [0.4, 0.5) is 0 Å². The molecule has 0 radical (unpaired) electrons. The van der Waals surface area contributed by atoms with E-state index in [-0.39, 0.29) is 0 Å². The molecule has 0 atom stereocenters. The van der Waals surface area contributed by atoms with Crippen LogP contribution in [0, 0.1) is 0 Å². The summed E-state index contributed by atoms with van der Waals surface area (Å²) in [6.07, 6.45) is 0. The molecule has 0 amide bonds. The van der Waals surface area contributed by atoms with Crippen LogP contribution in [0.5, 0.6) is 11.5 Å². The second-order valence-corrected chi connectivity index (χ2v) is 3.56. The SMILES string of the molecule is [Ru]=[CH]c1ccccc1Oc1ccccc1. The Hall–Kier alpha value is -1.27. The van der Waals surface area contributed by atoms with Crippen LogP contribution in [0.3, 0.4) is 0 Å². The van der Waals surface area contributed by atoms with E-state index in [2.05, 4.69) is 17.9 Å². The van der Waals surface area contributed by atoms with Crippen LogP contribution >= 0.6 is 0 Å². The molecule has 2 aromatic rings. The molecule has 0 N–H and O–H groups in total. The first-order valence-corrected chi connectivity index (χ1v) is 5.64. The summed E-state index contributed by atoms with van der Waals surface area (Å²) in [4.78, 5) is 0. The first-order valence-electron chi connectivity index (χ1n) is 4.64. The van der Waals surface area contributed by atoms with Crippen molar-refractivity contribution in [3.63, 3.8) is 0 Å². The number of benzene rings is 2. The van der Waals surface area contributed by atoms with Crippen LogP contribution in [0.25, 0.3) is 0 Å². The Balaban J connectivity index is 2.28. The molecule has 0 aliphatic carbocycles. The quantitative estimate of drug-likeness (QED) is 0.786. The molecule has 0 bridgehead atoms. The first-order chi connectivity index (χ1) is 7.40. The van der Waals surface area contributed by atoms with Gasteiger partial charge in [0.15, 0.2) is 0 Å². The molecule has 0 aliphatic rings. The van der Waals surface area contributed by atoms with Crippen LogP contribution in [0.1, 0.15) is 5.56 Å². The van der Waals surface area contributed by atoms with Crippen molar-refractivity contribution in [3.8, 4) is 11.5 Å². The summed E-state index contributed by atoms with van der Waals surface area (Å²) in [6.45, 7) is 0. The van der Waals surface area contributed by atoms with Gasteiger partial charge in [0.2, 0.25) is 0 Å². The van der Waals surface area contributed by atoms with E-state index in [0.29, 0.717) is 0 Å². The second kappa shape index (κ2) is 5.00. The Labute approximate surface area is 98.9 Å². The van der Waals surface area contributed by atoms with Gasteiger partial charge in [0.1, 0.15) is 0 Å². The zero-order valence-corrected chi connectivity index (χ0v) is 9.77. The average Bonchev–Trinajstić information content (AvgIpc) is 2.31. The molecule has 76 valence electrons. The number of hydrogen-bond donors (Lipinski definition) is 0. The number of hydrogen-bond acceptors (Lipinski definition) is 1. The summed E-state index contributed by atoms with van der Waals surface area (Å²) in [5.41, 5.74) is 1.08. The van der Waals surface area contributed by atoms with Crippen LogP contribution in [-0.4, -0.2) is 4.61 Å². The molecule has 15 heavy (non-hydrogen) atoms. The fourth-order valence-corrected chi connectivity index (χ4v) is 1.69. The third-order valence-corrected chi connectivity index (χ3v) is 2.54. The van der Waals surface area contributed by atoms with Crippen LogP contribution in [0.15, 0.2) is 54.6 Å². The minimum absolute atomic E-state index is 0.860. The topological polar surface area (TPSA) is 9.23 Å². The maximum absolute atomic E-state index is 5.76. The molecule has 0 aromatic heterocycles. The van der Waals surface area contributed by atoms with Crippen LogP contribution in [-0.2, 0) is 17.9 Å². The zero-order chi connectivity index (χ0) is 10.5. The molecule has 0 fully saturated rings. The third kappa shape index (κ3) is 2.60. The van der Waals surface area contributed by atoms with Gasteiger partial charge in [-0.2, -0.15) is 0 Å². The standard InChI is InChI=1S/C13H10O.Ru/c1-11-7-5-6-10-13(11)14-12-8-3-2-4-9-12;/h1-10H;. The van der Waals surface area contributed by atoms with Crippen molar-refractivity contribution in [1.82, 2.24) is 0 Å². The molecule has 2 heteroatoms. The Bertz CT molecular complexity index is 451. The molecule has 2 rings (SSSR count). The summed E-state index contributed by atoms with van der Waals surface area (Å²) < 4.78 is 7.73. The van der Waals surface area contributed by atoms with Gasteiger partial charge in [-0.25, -0.2) is 0 Å². The normalized spacial score (nSPS) is 9.67. The van der Waals surface area contributed by atoms with Gasteiger partial charge in [-0.3, -0.25) is 0 Å². The monoisotopic (exact) mass is 284 g/mol. The van der Waals surface area contributed by atoms with Gasteiger partial charge in [-0.1, -0.05) is 0 Å². The van der Waals surface area contributed by atoms with E-state index in [1.807, 2.05) is 59.2 Å². The predicted octanol–water partition coefficient (Wildman–Crippen LogP) is 3.18. The predicted molar refractivity (Wildman–Crippen MR) is 58.1 cm³/mol. The molecular weight excluding hydrogens is 273 g/mol. The number of para-hydroxylation sites is 2. The molecule has 1 nitrogen and oxygen atoms in total. The number of ether oxygens (including phenoxy) is 1. The van der Waals surface area contributed by atoms with E-state index < -0.39 is 0 Å². The summed E-state index contributed by atoms with van der Waals surface area (Å²) in [7, 11) is 0. The molecule has 0 spiro atoms. The fraction of sp³-hybridized carbons (Fsp3) is 0. The maximum atomic E-state index is 5.76. The van der Waals surface area contributed by atoms with Crippen molar-refractivity contribution in [2.75, 3.05) is 0 Å². The van der Waals surface area contributed by atoms with E-state index >= 15 is 0 Å². The molecule has 0 saturated carbocycles. The summed E-state index contributed by atoms with van der Waals surface area (Å²) in [5.74, 6) is 1.74. The van der Waals surface area contributed by atoms with Gasteiger partial charge < -0.3 is 0 Å². The van der Waals surface area contributed by atoms with Crippen LogP contribution in [0.2, 0.25) is 0 Å². The van der Waals surface area contributed by atoms with Crippen molar-refractivity contribution in [2.24, 2.45) is 0 Å². The molecule has 0 aliphatic heterocycles. The van der Waals surface area contributed by atoms with Gasteiger partial charge in [0.05, 0.1) is 0 Å². The van der Waals surface area contributed by atoms with Gasteiger partial charge in [-0.05, 0) is 0 Å². The molecule has 0 heterocycles. The fourth-order valence-electron chi connectivity index (χ4n) is 1.27. The van der Waals surface area contributed by atoms with Gasteiger partial charge >= 0.3 is 98.9 Å². The summed E-state index contributed by atoms with van der Waals surface area (Å²) in [5, 5.41) is 0.